The van der Waals surface area contributed by atoms with Gasteiger partial charge in [0.2, 0.25) is 5.75 Å². The smallest absolute Gasteiger partial charge is 0.335 e. The fraction of sp³-hybridized carbons (Fsp3) is 0.594. The molecule has 0 bridgehead atoms. The number of carbonyl (C=O) groups is 1. The van der Waals surface area contributed by atoms with Crippen LogP contribution in [0.15, 0.2) is 42.5 Å². The summed E-state index contributed by atoms with van der Waals surface area (Å²) in [6.07, 6.45) is 0. The van der Waals surface area contributed by atoms with E-state index in [1.54, 1.807) is 14.2 Å². The number of carboxylic acid groups (broad SMARTS) is 1. The van der Waals surface area contributed by atoms with Crippen molar-refractivity contribution in [1.82, 2.24) is 0 Å². The molecule has 0 unspecified atom stereocenters. The molecule has 0 aliphatic heterocycles. The monoisotopic (exact) mass is 640 g/mol. The highest BCUT2D eigenvalue weighted by molar-refractivity contribution is 5.89. The molecule has 0 aromatic heterocycles. The normalized spacial score (nSPS) is 11.1. The SMILES string of the molecule is COCCOCCOCCOCCOc1cc(C(=O)O)cc(OCCOCCOCCOCCOC)c1OCc1ccccc1. The Morgan fingerprint density at radius 2 is 0.911 bits per heavy atom. The molecule has 0 saturated heterocycles. The van der Waals surface area contributed by atoms with Gasteiger partial charge in [-0.05, 0) is 17.7 Å². The molecule has 13 nitrogen and oxygen atoms in total. The molecule has 2 aromatic carbocycles. The van der Waals surface area contributed by atoms with Gasteiger partial charge in [-0.1, -0.05) is 30.3 Å². The Bertz CT molecular complexity index is 957. The summed E-state index contributed by atoms with van der Waals surface area (Å²) < 4.78 is 60.6. The van der Waals surface area contributed by atoms with E-state index in [1.807, 2.05) is 30.3 Å². The second-order valence-electron chi connectivity index (χ2n) is 9.24. The summed E-state index contributed by atoms with van der Waals surface area (Å²) in [5.41, 5.74) is 0.924. The number of hydrogen-bond donors (Lipinski definition) is 1. The van der Waals surface area contributed by atoms with Crippen LogP contribution in [-0.4, -0.2) is 131 Å². The minimum atomic E-state index is -1.13. The molecule has 0 fully saturated rings. The zero-order valence-electron chi connectivity index (χ0n) is 26.4. The van der Waals surface area contributed by atoms with Gasteiger partial charge in [0.25, 0.3) is 0 Å². The lowest BCUT2D eigenvalue weighted by Crippen LogP contribution is -2.15. The van der Waals surface area contributed by atoms with Crippen molar-refractivity contribution in [2.45, 2.75) is 6.61 Å². The zero-order valence-corrected chi connectivity index (χ0v) is 26.4. The molecule has 0 radical (unpaired) electrons. The summed E-state index contributed by atoms with van der Waals surface area (Å²) >= 11 is 0. The van der Waals surface area contributed by atoms with Crippen LogP contribution in [0, 0.1) is 0 Å². The highest BCUT2D eigenvalue weighted by Gasteiger charge is 2.19. The predicted molar refractivity (Wildman–Crippen MR) is 164 cm³/mol. The Labute approximate surface area is 265 Å². The van der Waals surface area contributed by atoms with Gasteiger partial charge in [-0.15, -0.1) is 0 Å². The molecule has 0 atom stereocenters. The lowest BCUT2D eigenvalue weighted by atomic mass is 10.1. The molecule has 45 heavy (non-hydrogen) atoms. The molecular formula is C32H48O13. The molecule has 2 aromatic rings. The first kappa shape index (κ1) is 38.2. The predicted octanol–water partition coefficient (Wildman–Crippen LogP) is 3.11. The molecule has 0 amide bonds. The van der Waals surface area contributed by atoms with Crippen LogP contribution >= 0.6 is 0 Å². The molecule has 1 N–H and O–H groups in total. The third kappa shape index (κ3) is 18.5. The first-order valence-electron chi connectivity index (χ1n) is 14.9. The summed E-state index contributed by atoms with van der Waals surface area (Å²) in [5, 5.41) is 9.72. The maximum Gasteiger partial charge on any atom is 0.335 e. The number of aromatic carboxylic acids is 1. The zero-order chi connectivity index (χ0) is 32.2. The van der Waals surface area contributed by atoms with Crippen molar-refractivity contribution < 1.29 is 62.0 Å². The Hall–Kier alpha value is -3.01. The molecule has 2 rings (SSSR count). The topological polar surface area (TPSA) is 139 Å². The van der Waals surface area contributed by atoms with Crippen molar-refractivity contribution in [3.8, 4) is 17.2 Å². The number of benzene rings is 2. The third-order valence-electron chi connectivity index (χ3n) is 5.82. The average Bonchev–Trinajstić information content (AvgIpc) is 3.05. The lowest BCUT2D eigenvalue weighted by Gasteiger charge is -2.18. The van der Waals surface area contributed by atoms with E-state index in [2.05, 4.69) is 0 Å². The van der Waals surface area contributed by atoms with Gasteiger partial charge in [0, 0.05) is 14.2 Å². The molecular weight excluding hydrogens is 592 g/mol. The fourth-order valence-corrected chi connectivity index (χ4v) is 3.58. The number of methoxy groups -OCH3 is 2. The first-order chi connectivity index (χ1) is 22.2. The van der Waals surface area contributed by atoms with Crippen LogP contribution in [0.25, 0.3) is 0 Å². The Morgan fingerprint density at radius 1 is 0.533 bits per heavy atom. The van der Waals surface area contributed by atoms with Crippen LogP contribution in [0.4, 0.5) is 0 Å². The van der Waals surface area contributed by atoms with Crippen LogP contribution in [0.1, 0.15) is 15.9 Å². The Kier molecular flexibility index (Phi) is 22.3. The number of ether oxygens (including phenoxy) is 11. The van der Waals surface area contributed by atoms with Gasteiger partial charge in [0.05, 0.1) is 98.1 Å². The standard InChI is InChI=1S/C32H48O13/c1-35-8-10-37-12-14-39-16-18-41-20-22-43-29-24-28(32(33)34)25-30(31(29)45-26-27-6-4-3-5-7-27)44-23-21-42-19-17-40-15-13-38-11-9-36-2/h3-7,24-25H,8-23,26H2,1-2H3,(H,33,34). The molecule has 0 aliphatic rings. The lowest BCUT2D eigenvalue weighted by molar-refractivity contribution is -0.000339. The molecule has 0 spiro atoms. The van der Waals surface area contributed by atoms with Crippen LogP contribution in [0.5, 0.6) is 17.2 Å². The van der Waals surface area contributed by atoms with Gasteiger partial charge < -0.3 is 57.2 Å². The molecule has 0 heterocycles. The van der Waals surface area contributed by atoms with E-state index >= 15 is 0 Å². The highest BCUT2D eigenvalue weighted by atomic mass is 16.6. The van der Waals surface area contributed by atoms with E-state index in [0.29, 0.717) is 79.3 Å². The minimum Gasteiger partial charge on any atom is -0.487 e. The first-order valence-corrected chi connectivity index (χ1v) is 14.9. The summed E-state index contributed by atoms with van der Waals surface area (Å²) in [6.45, 7) is 6.63. The van der Waals surface area contributed by atoms with Gasteiger partial charge in [-0.2, -0.15) is 0 Å². The van der Waals surface area contributed by atoms with E-state index in [9.17, 15) is 9.90 Å². The fourth-order valence-electron chi connectivity index (χ4n) is 3.58. The second-order valence-corrected chi connectivity index (χ2v) is 9.24. The van der Waals surface area contributed by atoms with E-state index in [4.69, 9.17) is 52.1 Å². The largest absolute Gasteiger partial charge is 0.487 e. The molecule has 0 saturated carbocycles. The maximum atomic E-state index is 11.9. The third-order valence-corrected chi connectivity index (χ3v) is 5.82. The van der Waals surface area contributed by atoms with Crippen molar-refractivity contribution in [3.63, 3.8) is 0 Å². The summed E-state index contributed by atoms with van der Waals surface area (Å²) in [4.78, 5) is 11.9. The van der Waals surface area contributed by atoms with Crippen LogP contribution in [0.3, 0.4) is 0 Å². The van der Waals surface area contributed by atoms with Gasteiger partial charge in [-0.25, -0.2) is 4.79 Å². The quantitative estimate of drug-likeness (QED) is 0.125. The van der Waals surface area contributed by atoms with Crippen molar-refractivity contribution in [1.29, 1.82) is 0 Å². The highest BCUT2D eigenvalue weighted by Crippen LogP contribution is 2.39. The van der Waals surface area contributed by atoms with Crippen molar-refractivity contribution in [2.75, 3.05) is 120 Å². The van der Waals surface area contributed by atoms with E-state index in [-0.39, 0.29) is 55.8 Å². The van der Waals surface area contributed by atoms with Crippen molar-refractivity contribution in [3.05, 3.63) is 53.6 Å². The van der Waals surface area contributed by atoms with Crippen LogP contribution in [0.2, 0.25) is 0 Å². The molecule has 13 heteroatoms. The van der Waals surface area contributed by atoms with Crippen molar-refractivity contribution >= 4 is 5.97 Å². The van der Waals surface area contributed by atoms with E-state index in [0.717, 1.165) is 5.56 Å². The number of carboxylic acids is 1. The summed E-state index contributed by atoms with van der Waals surface area (Å²) in [6, 6.07) is 12.4. The molecule has 254 valence electrons. The average molecular weight is 641 g/mol. The van der Waals surface area contributed by atoms with Gasteiger partial charge >= 0.3 is 5.97 Å². The van der Waals surface area contributed by atoms with Crippen LogP contribution < -0.4 is 14.2 Å². The van der Waals surface area contributed by atoms with Gasteiger partial charge in [0.15, 0.2) is 11.5 Å². The summed E-state index contributed by atoms with van der Waals surface area (Å²) in [7, 11) is 3.24. The minimum absolute atomic E-state index is 0.00358. The second kappa shape index (κ2) is 26.2. The number of hydrogen-bond acceptors (Lipinski definition) is 12. The van der Waals surface area contributed by atoms with Crippen LogP contribution in [-0.2, 0) is 44.5 Å². The number of rotatable bonds is 30. The maximum absolute atomic E-state index is 11.9. The van der Waals surface area contributed by atoms with Gasteiger partial charge in [-0.3, -0.25) is 0 Å². The van der Waals surface area contributed by atoms with E-state index < -0.39 is 5.97 Å². The Morgan fingerprint density at radius 3 is 1.29 bits per heavy atom. The van der Waals surface area contributed by atoms with E-state index in [1.165, 1.54) is 12.1 Å². The van der Waals surface area contributed by atoms with Crippen molar-refractivity contribution in [2.24, 2.45) is 0 Å². The molecule has 0 aliphatic carbocycles. The summed E-state index contributed by atoms with van der Waals surface area (Å²) in [5.74, 6) is -0.372. The van der Waals surface area contributed by atoms with Gasteiger partial charge in [0.1, 0.15) is 19.8 Å². The Balaban J connectivity index is 1.85.